The second-order valence-electron chi connectivity index (χ2n) is 4.87. The Bertz CT molecular complexity index is 358. The largest absolute Gasteiger partial charge is 0.372 e. The normalized spacial score (nSPS) is 18.5. The maximum Gasteiger partial charge on any atom is 0.107 e. The first kappa shape index (κ1) is 13.0. The average Bonchev–Trinajstić information content (AvgIpc) is 2.80. The molecule has 0 saturated carbocycles. The Hall–Kier alpha value is -0.490. The molecule has 1 fully saturated rings. The van der Waals surface area contributed by atoms with Gasteiger partial charge in [0, 0.05) is 38.7 Å². The van der Waals surface area contributed by atoms with Crippen LogP contribution in [0.15, 0.2) is 5.38 Å². The Labute approximate surface area is 107 Å². The van der Waals surface area contributed by atoms with Crippen molar-refractivity contribution in [3.05, 3.63) is 16.1 Å². The van der Waals surface area contributed by atoms with Gasteiger partial charge in [0.05, 0.1) is 12.2 Å². The van der Waals surface area contributed by atoms with E-state index < -0.39 is 0 Å². The SMILES string of the molecule is COC(C)(C)c1csc(CN2CCNCC2)n1. The third-order valence-electron chi connectivity index (χ3n) is 3.25. The molecule has 0 unspecified atom stereocenters. The Balaban J connectivity index is 1.98. The first-order chi connectivity index (χ1) is 8.12. The van der Waals surface area contributed by atoms with E-state index in [2.05, 4.69) is 34.4 Å². The minimum absolute atomic E-state index is 0.280. The van der Waals surface area contributed by atoms with Crippen molar-refractivity contribution in [1.29, 1.82) is 0 Å². The molecule has 0 aliphatic carbocycles. The van der Waals surface area contributed by atoms with E-state index >= 15 is 0 Å². The van der Waals surface area contributed by atoms with Gasteiger partial charge < -0.3 is 10.1 Å². The van der Waals surface area contributed by atoms with Gasteiger partial charge in [0.2, 0.25) is 0 Å². The number of methoxy groups -OCH3 is 1. The lowest BCUT2D eigenvalue weighted by molar-refractivity contribution is 0.0158. The summed E-state index contributed by atoms with van der Waals surface area (Å²) in [4.78, 5) is 7.12. The van der Waals surface area contributed by atoms with Crippen molar-refractivity contribution < 1.29 is 4.74 Å². The fourth-order valence-electron chi connectivity index (χ4n) is 1.83. The molecule has 2 rings (SSSR count). The molecule has 1 aromatic heterocycles. The van der Waals surface area contributed by atoms with Crippen LogP contribution in [0.25, 0.3) is 0 Å². The van der Waals surface area contributed by atoms with E-state index in [9.17, 15) is 0 Å². The van der Waals surface area contributed by atoms with Crippen LogP contribution in [0.1, 0.15) is 24.5 Å². The highest BCUT2D eigenvalue weighted by Gasteiger charge is 2.23. The van der Waals surface area contributed by atoms with Gasteiger partial charge in [-0.25, -0.2) is 4.98 Å². The number of thiazole rings is 1. The maximum atomic E-state index is 5.45. The smallest absolute Gasteiger partial charge is 0.107 e. The molecule has 1 saturated heterocycles. The van der Waals surface area contributed by atoms with Gasteiger partial charge in [0.1, 0.15) is 10.6 Å². The molecule has 2 heterocycles. The van der Waals surface area contributed by atoms with E-state index in [1.807, 2.05) is 0 Å². The highest BCUT2D eigenvalue weighted by atomic mass is 32.1. The Morgan fingerprint density at radius 1 is 1.47 bits per heavy atom. The molecule has 1 N–H and O–H groups in total. The van der Waals surface area contributed by atoms with E-state index in [4.69, 9.17) is 4.74 Å². The van der Waals surface area contributed by atoms with E-state index in [0.717, 1.165) is 38.4 Å². The average molecular weight is 255 g/mol. The van der Waals surface area contributed by atoms with E-state index in [1.165, 1.54) is 5.01 Å². The van der Waals surface area contributed by atoms with Crippen molar-refractivity contribution in [2.75, 3.05) is 33.3 Å². The molecule has 96 valence electrons. The highest BCUT2D eigenvalue weighted by molar-refractivity contribution is 7.09. The quantitative estimate of drug-likeness (QED) is 0.883. The van der Waals surface area contributed by atoms with Crippen molar-refractivity contribution in [1.82, 2.24) is 15.2 Å². The molecule has 17 heavy (non-hydrogen) atoms. The van der Waals surface area contributed by atoms with Crippen LogP contribution in [0.3, 0.4) is 0 Å². The van der Waals surface area contributed by atoms with Gasteiger partial charge in [0.15, 0.2) is 0 Å². The first-order valence-corrected chi connectivity index (χ1v) is 6.93. The second-order valence-corrected chi connectivity index (χ2v) is 5.81. The lowest BCUT2D eigenvalue weighted by Gasteiger charge is -2.26. The van der Waals surface area contributed by atoms with Gasteiger partial charge in [-0.05, 0) is 13.8 Å². The van der Waals surface area contributed by atoms with Crippen molar-refractivity contribution >= 4 is 11.3 Å². The zero-order valence-corrected chi connectivity index (χ0v) is 11.6. The summed E-state index contributed by atoms with van der Waals surface area (Å²) in [5.74, 6) is 0. The number of hydrogen-bond donors (Lipinski definition) is 1. The van der Waals surface area contributed by atoms with Crippen molar-refractivity contribution in [2.24, 2.45) is 0 Å². The third-order valence-corrected chi connectivity index (χ3v) is 4.08. The Morgan fingerprint density at radius 3 is 2.82 bits per heavy atom. The zero-order valence-electron chi connectivity index (χ0n) is 10.8. The summed E-state index contributed by atoms with van der Waals surface area (Å²) >= 11 is 1.73. The van der Waals surface area contributed by atoms with Crippen LogP contribution < -0.4 is 5.32 Å². The van der Waals surface area contributed by atoms with Crippen LogP contribution in [0.2, 0.25) is 0 Å². The summed E-state index contributed by atoms with van der Waals surface area (Å²) < 4.78 is 5.45. The molecule has 0 atom stereocenters. The van der Waals surface area contributed by atoms with Crippen LogP contribution in [0.4, 0.5) is 0 Å². The van der Waals surface area contributed by atoms with Crippen molar-refractivity contribution in [3.63, 3.8) is 0 Å². The fourth-order valence-corrected chi connectivity index (χ4v) is 2.82. The first-order valence-electron chi connectivity index (χ1n) is 6.05. The maximum absolute atomic E-state index is 5.45. The fraction of sp³-hybridized carbons (Fsp3) is 0.750. The predicted octanol–water partition coefficient (Wildman–Crippen LogP) is 1.43. The van der Waals surface area contributed by atoms with E-state index in [-0.39, 0.29) is 5.60 Å². The summed E-state index contributed by atoms with van der Waals surface area (Å²) in [6, 6.07) is 0. The van der Waals surface area contributed by atoms with Gasteiger partial charge in [-0.15, -0.1) is 11.3 Å². The number of ether oxygens (including phenoxy) is 1. The summed E-state index contributed by atoms with van der Waals surface area (Å²) in [5, 5.41) is 6.66. The number of nitrogens with one attached hydrogen (secondary N) is 1. The minimum Gasteiger partial charge on any atom is -0.372 e. The molecule has 5 heteroatoms. The highest BCUT2D eigenvalue weighted by Crippen LogP contribution is 2.25. The zero-order chi connectivity index (χ0) is 12.3. The molecule has 0 aromatic carbocycles. The lowest BCUT2D eigenvalue weighted by Crippen LogP contribution is -2.42. The van der Waals surface area contributed by atoms with E-state index in [1.54, 1.807) is 18.4 Å². The second kappa shape index (κ2) is 5.44. The van der Waals surface area contributed by atoms with Crippen LogP contribution in [-0.2, 0) is 16.9 Å². The summed E-state index contributed by atoms with van der Waals surface area (Å²) in [6.45, 7) is 9.47. The van der Waals surface area contributed by atoms with Gasteiger partial charge in [-0.1, -0.05) is 0 Å². The van der Waals surface area contributed by atoms with E-state index in [0.29, 0.717) is 0 Å². The van der Waals surface area contributed by atoms with Gasteiger partial charge in [-0.3, -0.25) is 4.90 Å². The number of piperazine rings is 1. The molecular weight excluding hydrogens is 234 g/mol. The third kappa shape index (κ3) is 3.25. The molecule has 0 amide bonds. The predicted molar refractivity (Wildman–Crippen MR) is 70.3 cm³/mol. The van der Waals surface area contributed by atoms with Crippen LogP contribution in [0.5, 0.6) is 0 Å². The monoisotopic (exact) mass is 255 g/mol. The summed E-state index contributed by atoms with van der Waals surface area (Å²) in [6.07, 6.45) is 0. The molecule has 0 spiro atoms. The lowest BCUT2D eigenvalue weighted by atomic mass is 10.1. The van der Waals surface area contributed by atoms with Gasteiger partial charge in [-0.2, -0.15) is 0 Å². The number of nitrogens with zero attached hydrogens (tertiary/aromatic N) is 2. The number of aromatic nitrogens is 1. The van der Waals surface area contributed by atoms with Gasteiger partial charge >= 0.3 is 0 Å². The molecule has 0 radical (unpaired) electrons. The molecule has 4 nitrogen and oxygen atoms in total. The van der Waals surface area contributed by atoms with Crippen LogP contribution >= 0.6 is 11.3 Å². The standard InChI is InChI=1S/C12H21N3OS/c1-12(2,16-3)10-9-17-11(14-10)8-15-6-4-13-5-7-15/h9,13H,4-8H2,1-3H3. The Morgan fingerprint density at radius 2 is 2.18 bits per heavy atom. The van der Waals surface area contributed by atoms with Crippen LogP contribution in [0, 0.1) is 0 Å². The molecule has 1 aromatic rings. The van der Waals surface area contributed by atoms with Crippen molar-refractivity contribution in [2.45, 2.75) is 26.0 Å². The van der Waals surface area contributed by atoms with Crippen LogP contribution in [-0.4, -0.2) is 43.2 Å². The molecule has 0 bridgehead atoms. The van der Waals surface area contributed by atoms with Gasteiger partial charge in [0.25, 0.3) is 0 Å². The molecule has 1 aliphatic heterocycles. The molecule has 1 aliphatic rings. The minimum atomic E-state index is -0.280. The topological polar surface area (TPSA) is 37.4 Å². The summed E-state index contributed by atoms with van der Waals surface area (Å²) in [7, 11) is 1.73. The number of rotatable bonds is 4. The summed E-state index contributed by atoms with van der Waals surface area (Å²) in [5.41, 5.74) is 0.758. The number of hydrogen-bond acceptors (Lipinski definition) is 5. The Kier molecular flexibility index (Phi) is 4.14. The molecular formula is C12H21N3OS. The van der Waals surface area contributed by atoms with Crippen molar-refractivity contribution in [3.8, 4) is 0 Å².